The summed E-state index contributed by atoms with van der Waals surface area (Å²) in [5, 5.41) is 12.2. The van der Waals surface area contributed by atoms with Crippen molar-refractivity contribution in [3.05, 3.63) is 54.1 Å². The van der Waals surface area contributed by atoms with Crippen LogP contribution in [-0.4, -0.2) is 11.0 Å². The Bertz CT molecular complexity index is 541. The Morgan fingerprint density at radius 3 is 2.28 bits per heavy atom. The zero-order valence-electron chi connectivity index (χ0n) is 9.46. The monoisotopic (exact) mass is 264 g/mol. The van der Waals surface area contributed by atoms with E-state index < -0.39 is 0 Å². The largest absolute Gasteiger partial charge is 0.507 e. The minimum atomic E-state index is -0.354. The van der Waals surface area contributed by atoms with Crippen LogP contribution in [0.4, 0.5) is 11.4 Å². The van der Waals surface area contributed by atoms with Crippen LogP contribution in [0.15, 0.2) is 48.5 Å². The van der Waals surface area contributed by atoms with Crippen molar-refractivity contribution in [3.63, 3.8) is 0 Å². The highest BCUT2D eigenvalue weighted by molar-refractivity contribution is 6.06. The summed E-state index contributed by atoms with van der Waals surface area (Å²) in [6, 6.07) is 13.2. The maximum Gasteiger partial charge on any atom is 0.259 e. The molecule has 0 aliphatic rings. The van der Waals surface area contributed by atoms with Crippen molar-refractivity contribution in [1.82, 2.24) is 0 Å². The van der Waals surface area contributed by atoms with Gasteiger partial charge in [0.2, 0.25) is 0 Å². The summed E-state index contributed by atoms with van der Waals surface area (Å²) >= 11 is 0. The minimum absolute atomic E-state index is 0. The lowest BCUT2D eigenvalue weighted by atomic mass is 10.2. The van der Waals surface area contributed by atoms with Gasteiger partial charge in [0.1, 0.15) is 5.75 Å². The number of nitrogens with two attached hydrogens (primary N) is 1. The van der Waals surface area contributed by atoms with Gasteiger partial charge in [0.05, 0.1) is 5.56 Å². The van der Waals surface area contributed by atoms with Gasteiger partial charge in [-0.15, -0.1) is 12.4 Å². The number of phenols is 1. The summed E-state index contributed by atoms with van der Waals surface area (Å²) in [5.41, 5.74) is 7.04. The number of anilines is 2. The Hall–Kier alpha value is -2.20. The SMILES string of the molecule is Cl.Nc1ccc(NC(=O)c2ccccc2O)cc1. The van der Waals surface area contributed by atoms with Crippen LogP contribution in [0.3, 0.4) is 0 Å². The summed E-state index contributed by atoms with van der Waals surface area (Å²) < 4.78 is 0. The Morgan fingerprint density at radius 2 is 1.67 bits per heavy atom. The second-order valence-electron chi connectivity index (χ2n) is 3.59. The fourth-order valence-corrected chi connectivity index (χ4v) is 1.43. The number of amides is 1. The van der Waals surface area contributed by atoms with Crippen molar-refractivity contribution in [2.24, 2.45) is 0 Å². The topological polar surface area (TPSA) is 75.3 Å². The molecule has 0 atom stereocenters. The van der Waals surface area contributed by atoms with E-state index >= 15 is 0 Å². The molecule has 4 nitrogen and oxygen atoms in total. The van der Waals surface area contributed by atoms with E-state index in [1.807, 2.05) is 0 Å². The lowest BCUT2D eigenvalue weighted by molar-refractivity contribution is 0.102. The molecule has 1 amide bonds. The number of hydrogen-bond donors (Lipinski definition) is 3. The number of phenolic OH excluding ortho intramolecular Hbond substituents is 1. The summed E-state index contributed by atoms with van der Waals surface area (Å²) in [6.07, 6.45) is 0. The number of halogens is 1. The minimum Gasteiger partial charge on any atom is -0.507 e. The van der Waals surface area contributed by atoms with Gasteiger partial charge in [-0.25, -0.2) is 0 Å². The number of nitrogens with one attached hydrogen (secondary N) is 1. The van der Waals surface area contributed by atoms with Crippen LogP contribution >= 0.6 is 12.4 Å². The third kappa shape index (κ3) is 3.15. The Balaban J connectivity index is 0.00000162. The highest BCUT2D eigenvalue weighted by atomic mass is 35.5. The maximum absolute atomic E-state index is 11.8. The van der Waals surface area contributed by atoms with Crippen LogP contribution in [0.25, 0.3) is 0 Å². The predicted molar refractivity (Wildman–Crippen MR) is 74.2 cm³/mol. The Morgan fingerprint density at radius 1 is 1.06 bits per heavy atom. The lowest BCUT2D eigenvalue weighted by Gasteiger charge is -2.06. The first kappa shape index (κ1) is 13.9. The van der Waals surface area contributed by atoms with Crippen molar-refractivity contribution in [2.45, 2.75) is 0 Å². The first-order chi connectivity index (χ1) is 8.16. The number of nitrogen functional groups attached to an aromatic ring is 1. The van der Waals surface area contributed by atoms with Crippen LogP contribution in [0, 0.1) is 0 Å². The average molecular weight is 265 g/mol. The van der Waals surface area contributed by atoms with Crippen LogP contribution in [0.1, 0.15) is 10.4 Å². The second kappa shape index (κ2) is 5.93. The van der Waals surface area contributed by atoms with Crippen molar-refractivity contribution in [2.75, 3.05) is 11.1 Å². The summed E-state index contributed by atoms with van der Waals surface area (Å²) in [4.78, 5) is 11.8. The van der Waals surface area contributed by atoms with Crippen LogP contribution in [0.5, 0.6) is 5.75 Å². The standard InChI is InChI=1S/C13H12N2O2.ClH/c14-9-5-7-10(8-6-9)15-13(17)11-3-1-2-4-12(11)16;/h1-8,16H,14H2,(H,15,17);1H. The van der Waals surface area contributed by atoms with Gasteiger partial charge < -0.3 is 16.2 Å². The van der Waals surface area contributed by atoms with Gasteiger partial charge in [0.15, 0.2) is 0 Å². The lowest BCUT2D eigenvalue weighted by Crippen LogP contribution is -2.11. The molecule has 94 valence electrons. The van der Waals surface area contributed by atoms with Gasteiger partial charge in [0, 0.05) is 11.4 Å². The van der Waals surface area contributed by atoms with E-state index in [1.165, 1.54) is 6.07 Å². The van der Waals surface area contributed by atoms with Crippen molar-refractivity contribution in [3.8, 4) is 5.75 Å². The molecule has 2 aromatic carbocycles. The van der Waals surface area contributed by atoms with E-state index in [-0.39, 0.29) is 29.6 Å². The molecule has 0 spiro atoms. The number of aromatic hydroxyl groups is 1. The van der Waals surface area contributed by atoms with E-state index in [0.717, 1.165) is 0 Å². The molecule has 0 radical (unpaired) electrons. The first-order valence-corrected chi connectivity index (χ1v) is 5.12. The first-order valence-electron chi connectivity index (χ1n) is 5.12. The number of para-hydroxylation sites is 1. The molecular formula is C13H13ClN2O2. The number of hydrogen-bond acceptors (Lipinski definition) is 3. The number of carbonyl (C=O) groups is 1. The molecule has 0 unspecified atom stereocenters. The highest BCUT2D eigenvalue weighted by Gasteiger charge is 2.09. The van der Waals surface area contributed by atoms with Crippen molar-refractivity contribution in [1.29, 1.82) is 0 Å². The third-order valence-corrected chi connectivity index (χ3v) is 2.32. The van der Waals surface area contributed by atoms with Gasteiger partial charge in [-0.05, 0) is 36.4 Å². The van der Waals surface area contributed by atoms with Gasteiger partial charge >= 0.3 is 0 Å². The second-order valence-corrected chi connectivity index (χ2v) is 3.59. The average Bonchev–Trinajstić information content (AvgIpc) is 2.32. The fourth-order valence-electron chi connectivity index (χ4n) is 1.43. The third-order valence-electron chi connectivity index (χ3n) is 2.32. The van der Waals surface area contributed by atoms with E-state index in [9.17, 15) is 9.90 Å². The van der Waals surface area contributed by atoms with Gasteiger partial charge in [-0.2, -0.15) is 0 Å². The Kier molecular flexibility index (Phi) is 4.57. The Labute approximate surface area is 111 Å². The number of rotatable bonds is 2. The molecule has 5 heteroatoms. The smallest absolute Gasteiger partial charge is 0.259 e. The zero-order valence-corrected chi connectivity index (χ0v) is 10.3. The molecule has 2 aromatic rings. The van der Waals surface area contributed by atoms with Gasteiger partial charge in [-0.1, -0.05) is 12.1 Å². The highest BCUT2D eigenvalue weighted by Crippen LogP contribution is 2.18. The van der Waals surface area contributed by atoms with Crippen molar-refractivity contribution < 1.29 is 9.90 Å². The quantitative estimate of drug-likeness (QED) is 0.730. The molecular weight excluding hydrogens is 252 g/mol. The van der Waals surface area contributed by atoms with Gasteiger partial charge in [-0.3, -0.25) is 4.79 Å². The predicted octanol–water partition coefficient (Wildman–Crippen LogP) is 2.65. The molecule has 0 aliphatic carbocycles. The van der Waals surface area contributed by atoms with Crippen LogP contribution in [-0.2, 0) is 0 Å². The molecule has 0 heterocycles. The summed E-state index contributed by atoms with van der Waals surface area (Å²) in [6.45, 7) is 0. The van der Waals surface area contributed by atoms with E-state index in [4.69, 9.17) is 5.73 Å². The van der Waals surface area contributed by atoms with Gasteiger partial charge in [0.25, 0.3) is 5.91 Å². The molecule has 18 heavy (non-hydrogen) atoms. The molecule has 0 fully saturated rings. The van der Waals surface area contributed by atoms with Crippen LogP contribution in [0.2, 0.25) is 0 Å². The molecule has 0 aliphatic heterocycles. The maximum atomic E-state index is 11.8. The molecule has 4 N–H and O–H groups in total. The normalized spacial score (nSPS) is 9.33. The molecule has 0 saturated carbocycles. The summed E-state index contributed by atoms with van der Waals surface area (Å²) in [7, 11) is 0. The van der Waals surface area contributed by atoms with Crippen LogP contribution < -0.4 is 11.1 Å². The number of benzene rings is 2. The molecule has 0 aromatic heterocycles. The molecule has 0 bridgehead atoms. The van der Waals surface area contributed by atoms with E-state index in [1.54, 1.807) is 42.5 Å². The number of carbonyl (C=O) groups excluding carboxylic acids is 1. The fraction of sp³-hybridized carbons (Fsp3) is 0. The summed E-state index contributed by atoms with van der Waals surface area (Å²) in [5.74, 6) is -0.395. The van der Waals surface area contributed by atoms with E-state index in [0.29, 0.717) is 11.4 Å². The van der Waals surface area contributed by atoms with E-state index in [2.05, 4.69) is 5.32 Å². The zero-order chi connectivity index (χ0) is 12.3. The van der Waals surface area contributed by atoms with Crippen molar-refractivity contribution >= 4 is 29.7 Å². The molecule has 0 saturated heterocycles. The molecule has 2 rings (SSSR count).